The fourth-order valence-electron chi connectivity index (χ4n) is 2.65. The Morgan fingerprint density at radius 1 is 1.07 bits per heavy atom. The molecule has 27 heavy (non-hydrogen) atoms. The van der Waals surface area contributed by atoms with Gasteiger partial charge < -0.3 is 0 Å². The van der Waals surface area contributed by atoms with E-state index in [-0.39, 0.29) is 17.1 Å². The lowest BCUT2D eigenvalue weighted by atomic mass is 9.92. The van der Waals surface area contributed by atoms with Gasteiger partial charge in [0.2, 0.25) is 0 Å². The van der Waals surface area contributed by atoms with E-state index in [0.717, 1.165) is 16.8 Å². The van der Waals surface area contributed by atoms with Crippen LogP contribution in [0.3, 0.4) is 0 Å². The number of aryl methyl sites for hydroxylation is 2. The van der Waals surface area contributed by atoms with Gasteiger partial charge in [-0.05, 0) is 49.2 Å². The number of ketones is 1. The van der Waals surface area contributed by atoms with Crippen LogP contribution in [0.1, 0.15) is 31.9 Å². The summed E-state index contributed by atoms with van der Waals surface area (Å²) >= 11 is 1.32. The van der Waals surface area contributed by atoms with E-state index >= 15 is 0 Å². The van der Waals surface area contributed by atoms with E-state index in [1.807, 2.05) is 71.0 Å². The highest BCUT2D eigenvalue weighted by atomic mass is 32.2. The smallest absolute Gasteiger partial charge is 0.266 e. The van der Waals surface area contributed by atoms with Crippen LogP contribution >= 0.6 is 11.8 Å². The Hall–Kier alpha value is -2.40. The van der Waals surface area contributed by atoms with Crippen molar-refractivity contribution in [3.05, 3.63) is 63.9 Å². The van der Waals surface area contributed by atoms with Crippen LogP contribution in [0.15, 0.2) is 52.4 Å². The monoisotopic (exact) mass is 380 g/mol. The summed E-state index contributed by atoms with van der Waals surface area (Å²) in [5.41, 5.74) is 3.15. The van der Waals surface area contributed by atoms with Crippen molar-refractivity contribution in [3.63, 3.8) is 0 Å². The Labute approximate surface area is 163 Å². The quantitative estimate of drug-likeness (QED) is 0.486. The molecule has 0 aliphatic heterocycles. The number of para-hydroxylation sites is 1. The van der Waals surface area contributed by atoms with Crippen LogP contribution in [-0.2, 0) is 4.79 Å². The molecule has 140 valence electrons. The van der Waals surface area contributed by atoms with E-state index in [9.17, 15) is 9.59 Å². The highest BCUT2D eigenvalue weighted by Crippen LogP contribution is 2.25. The zero-order valence-electron chi connectivity index (χ0n) is 16.4. The molecule has 0 unspecified atom stereocenters. The summed E-state index contributed by atoms with van der Waals surface area (Å²) in [5, 5.41) is 1.11. The molecule has 0 radical (unpaired) electrons. The SMILES string of the molecule is Cc1ccc(-n2c(SCC(=O)C(C)(C)C)nc3ccccc3c2=O)cc1C. The molecule has 0 N–H and O–H groups in total. The van der Waals surface area contributed by atoms with Crippen molar-refractivity contribution in [2.45, 2.75) is 39.8 Å². The van der Waals surface area contributed by atoms with E-state index in [1.54, 1.807) is 10.6 Å². The van der Waals surface area contributed by atoms with Gasteiger partial charge in [0.15, 0.2) is 5.16 Å². The molecule has 4 nitrogen and oxygen atoms in total. The van der Waals surface area contributed by atoms with Gasteiger partial charge in [0.25, 0.3) is 5.56 Å². The molecule has 0 bridgehead atoms. The Kier molecular flexibility index (Phi) is 5.24. The van der Waals surface area contributed by atoms with Gasteiger partial charge in [-0.3, -0.25) is 14.2 Å². The first-order valence-electron chi connectivity index (χ1n) is 8.94. The van der Waals surface area contributed by atoms with E-state index in [2.05, 4.69) is 0 Å². The number of nitrogens with zero attached hydrogens (tertiary/aromatic N) is 2. The van der Waals surface area contributed by atoms with Crippen molar-refractivity contribution in [1.29, 1.82) is 0 Å². The maximum Gasteiger partial charge on any atom is 0.266 e. The number of hydrogen-bond donors (Lipinski definition) is 0. The number of carbonyl (C=O) groups is 1. The minimum Gasteiger partial charge on any atom is -0.298 e. The van der Waals surface area contributed by atoms with Gasteiger partial charge in [0, 0.05) is 5.41 Å². The summed E-state index contributed by atoms with van der Waals surface area (Å²) < 4.78 is 1.62. The number of thioether (sulfide) groups is 1. The lowest BCUT2D eigenvalue weighted by molar-refractivity contribution is -0.123. The number of Topliss-reactive ketones (excluding diaryl/α,β-unsaturated/α-hetero) is 1. The van der Waals surface area contributed by atoms with Crippen molar-refractivity contribution < 1.29 is 4.79 Å². The lowest BCUT2D eigenvalue weighted by Crippen LogP contribution is -2.25. The van der Waals surface area contributed by atoms with Gasteiger partial charge in [-0.2, -0.15) is 0 Å². The number of benzene rings is 2. The minimum absolute atomic E-state index is 0.116. The standard InChI is InChI=1S/C22H24N2O2S/c1-14-10-11-16(12-15(14)2)24-20(26)17-8-6-7-9-18(17)23-21(24)27-13-19(25)22(3,4)5/h6-12H,13H2,1-5H3. The maximum atomic E-state index is 13.2. The third kappa shape index (κ3) is 3.98. The molecule has 0 saturated heterocycles. The van der Waals surface area contributed by atoms with Crippen LogP contribution in [-0.4, -0.2) is 21.1 Å². The molecule has 1 aromatic heterocycles. The van der Waals surface area contributed by atoms with Gasteiger partial charge in [-0.1, -0.05) is 50.7 Å². The largest absolute Gasteiger partial charge is 0.298 e. The second kappa shape index (κ2) is 7.31. The first kappa shape index (κ1) is 19.4. The predicted molar refractivity (Wildman–Crippen MR) is 112 cm³/mol. The molecule has 0 saturated carbocycles. The van der Waals surface area contributed by atoms with Gasteiger partial charge in [-0.25, -0.2) is 4.98 Å². The molecule has 5 heteroatoms. The van der Waals surface area contributed by atoms with Crippen LogP contribution in [0.2, 0.25) is 0 Å². The summed E-state index contributed by atoms with van der Waals surface area (Å²) in [5.74, 6) is 0.403. The molecule has 0 aliphatic carbocycles. The minimum atomic E-state index is -0.421. The third-order valence-corrected chi connectivity index (χ3v) is 5.60. The summed E-state index contributed by atoms with van der Waals surface area (Å²) in [6.45, 7) is 9.77. The zero-order chi connectivity index (χ0) is 19.8. The van der Waals surface area contributed by atoms with Crippen molar-refractivity contribution in [2.24, 2.45) is 5.41 Å². The topological polar surface area (TPSA) is 52.0 Å². The first-order valence-corrected chi connectivity index (χ1v) is 9.92. The Bertz CT molecular complexity index is 1080. The number of carbonyl (C=O) groups excluding carboxylic acids is 1. The van der Waals surface area contributed by atoms with E-state index < -0.39 is 5.41 Å². The molecule has 1 heterocycles. The van der Waals surface area contributed by atoms with Crippen molar-refractivity contribution in [2.75, 3.05) is 5.75 Å². The zero-order valence-corrected chi connectivity index (χ0v) is 17.2. The van der Waals surface area contributed by atoms with Crippen LogP contribution in [0.25, 0.3) is 16.6 Å². The molecule has 0 aliphatic rings. The second-order valence-electron chi connectivity index (χ2n) is 7.78. The van der Waals surface area contributed by atoms with Crippen molar-refractivity contribution in [1.82, 2.24) is 9.55 Å². The number of fused-ring (bicyclic) bond motifs is 1. The highest BCUT2D eigenvalue weighted by molar-refractivity contribution is 7.99. The second-order valence-corrected chi connectivity index (χ2v) is 8.73. The van der Waals surface area contributed by atoms with E-state index in [1.165, 1.54) is 11.8 Å². The van der Waals surface area contributed by atoms with E-state index in [0.29, 0.717) is 16.1 Å². The molecule has 0 amide bonds. The molecule has 3 aromatic rings. The molecular formula is C22H24N2O2S. The van der Waals surface area contributed by atoms with Crippen LogP contribution < -0.4 is 5.56 Å². The molecule has 0 spiro atoms. The lowest BCUT2D eigenvalue weighted by Gasteiger charge is -2.18. The fourth-order valence-corrected chi connectivity index (χ4v) is 3.82. The van der Waals surface area contributed by atoms with Crippen LogP contribution in [0.5, 0.6) is 0 Å². The average Bonchev–Trinajstić information content (AvgIpc) is 2.61. The Morgan fingerprint density at radius 2 is 1.78 bits per heavy atom. The van der Waals surface area contributed by atoms with Gasteiger partial charge in [-0.15, -0.1) is 0 Å². The maximum absolute atomic E-state index is 13.2. The molecule has 3 rings (SSSR count). The average molecular weight is 381 g/mol. The Balaban J connectivity index is 2.17. The van der Waals surface area contributed by atoms with Gasteiger partial charge in [0.05, 0.1) is 22.3 Å². The van der Waals surface area contributed by atoms with Crippen molar-refractivity contribution >= 4 is 28.4 Å². The number of rotatable bonds is 4. The summed E-state index contributed by atoms with van der Waals surface area (Å²) in [4.78, 5) is 30.3. The fraction of sp³-hybridized carbons (Fsp3) is 0.318. The van der Waals surface area contributed by atoms with Crippen LogP contribution in [0.4, 0.5) is 0 Å². The van der Waals surface area contributed by atoms with Gasteiger partial charge >= 0.3 is 0 Å². The number of hydrogen-bond acceptors (Lipinski definition) is 4. The Morgan fingerprint density at radius 3 is 2.44 bits per heavy atom. The molecule has 2 aromatic carbocycles. The summed E-state index contributed by atoms with van der Waals surface area (Å²) in [6.07, 6.45) is 0. The molecular weight excluding hydrogens is 356 g/mol. The molecule has 0 fully saturated rings. The summed E-state index contributed by atoms with van der Waals surface area (Å²) in [7, 11) is 0. The van der Waals surface area contributed by atoms with E-state index in [4.69, 9.17) is 4.98 Å². The first-order chi connectivity index (χ1) is 12.7. The predicted octanol–water partition coefficient (Wildman–Crippen LogP) is 4.71. The summed E-state index contributed by atoms with van der Waals surface area (Å²) in [6, 6.07) is 13.2. The van der Waals surface area contributed by atoms with Crippen LogP contribution in [0, 0.1) is 19.3 Å². The normalized spacial score (nSPS) is 11.7. The van der Waals surface area contributed by atoms with Gasteiger partial charge in [0.1, 0.15) is 5.78 Å². The molecule has 0 atom stereocenters. The number of aromatic nitrogens is 2. The van der Waals surface area contributed by atoms with Crippen molar-refractivity contribution in [3.8, 4) is 5.69 Å². The third-order valence-electron chi connectivity index (χ3n) is 4.66. The highest BCUT2D eigenvalue weighted by Gasteiger charge is 2.22.